The molecule has 0 saturated carbocycles. The maximum absolute atomic E-state index is 16.1. The molecule has 10 heteroatoms. The van der Waals surface area contributed by atoms with Crippen LogP contribution in [0.15, 0.2) is 42.7 Å². The Hall–Kier alpha value is -4.10. The van der Waals surface area contributed by atoms with Crippen molar-refractivity contribution < 1.29 is 22.7 Å². The van der Waals surface area contributed by atoms with Crippen LogP contribution >= 0.6 is 0 Å². The van der Waals surface area contributed by atoms with Crippen molar-refractivity contribution in [3.05, 3.63) is 65.2 Å². The lowest BCUT2D eigenvalue weighted by atomic mass is 9.85. The molecule has 4 heterocycles. The summed E-state index contributed by atoms with van der Waals surface area (Å²) in [6.07, 6.45) is 3.95. The monoisotopic (exact) mass is 601 g/mol. The highest BCUT2D eigenvalue weighted by molar-refractivity contribution is 5.99. The van der Waals surface area contributed by atoms with E-state index in [-0.39, 0.29) is 36.2 Å². The molecule has 2 aromatic carbocycles. The van der Waals surface area contributed by atoms with Crippen LogP contribution < -0.4 is 9.64 Å². The van der Waals surface area contributed by atoms with Gasteiger partial charge in [0.15, 0.2) is 5.83 Å². The first-order valence-electron chi connectivity index (χ1n) is 15.3. The van der Waals surface area contributed by atoms with Crippen LogP contribution in [0.5, 0.6) is 5.88 Å². The summed E-state index contributed by atoms with van der Waals surface area (Å²) in [6.45, 7) is 4.34. The maximum Gasteiger partial charge on any atom is 0.282 e. The first-order valence-corrected chi connectivity index (χ1v) is 15.3. The topological polar surface area (TPSA) is 72.7 Å². The molecule has 1 aromatic heterocycles. The molecule has 3 fully saturated rings. The van der Waals surface area contributed by atoms with Gasteiger partial charge in [0.1, 0.15) is 30.2 Å². The van der Waals surface area contributed by atoms with Gasteiger partial charge in [-0.25, -0.2) is 18.2 Å². The summed E-state index contributed by atoms with van der Waals surface area (Å²) in [5, 5.41) is 10.9. The average Bonchev–Trinajstić information content (AvgIpc) is 3.51. The molecule has 0 unspecified atom stereocenters. The van der Waals surface area contributed by atoms with Crippen molar-refractivity contribution in [2.24, 2.45) is 0 Å². The largest absolute Gasteiger partial charge is 0.475 e. The van der Waals surface area contributed by atoms with Gasteiger partial charge in [-0.3, -0.25) is 9.69 Å². The second-order valence-electron chi connectivity index (χ2n) is 12.5. The highest BCUT2D eigenvalue weighted by atomic mass is 19.1. The van der Waals surface area contributed by atoms with E-state index in [1.807, 2.05) is 29.0 Å². The lowest BCUT2D eigenvalue weighted by Gasteiger charge is -2.48. The summed E-state index contributed by atoms with van der Waals surface area (Å²) in [7, 11) is 1.84. The number of carbonyl (C=O) groups excluding carboxylic acids is 1. The Labute approximate surface area is 254 Å². The van der Waals surface area contributed by atoms with Crippen molar-refractivity contribution in [3.63, 3.8) is 0 Å². The molecular weight excluding hydrogens is 567 g/mol. The zero-order chi connectivity index (χ0) is 30.7. The van der Waals surface area contributed by atoms with Gasteiger partial charge in [-0.1, -0.05) is 24.8 Å². The number of alkyl halides is 1. The summed E-state index contributed by atoms with van der Waals surface area (Å²) in [6, 6.07) is 10.8. The molecule has 0 bridgehead atoms. The van der Waals surface area contributed by atoms with E-state index >= 15 is 4.39 Å². The number of anilines is 1. The Balaban J connectivity index is 1.33. The van der Waals surface area contributed by atoms with Crippen LogP contribution in [0.3, 0.4) is 0 Å². The van der Waals surface area contributed by atoms with Crippen molar-refractivity contribution in [1.29, 1.82) is 5.26 Å². The van der Waals surface area contributed by atoms with Crippen molar-refractivity contribution >= 4 is 22.5 Å². The molecule has 44 heavy (non-hydrogen) atoms. The van der Waals surface area contributed by atoms with Crippen molar-refractivity contribution in [3.8, 4) is 23.1 Å². The molecule has 3 aliphatic heterocycles. The lowest BCUT2D eigenvalue weighted by Crippen LogP contribution is -2.63. The standard InChI is InChI=1S/C34H34F3N5O2/c1-19(35)34(43)41-11-10-30-31(41)17-42(30)32-26-13-28(37)25(24-9-5-7-20-6-3-4-8-23(20)24)14-29(26)39-33(27(32)15-38)44-18-22-12-21(36)16-40(22)2/h5,7,9,13-14,21-22,30-31H,1,3-4,6,8,10-12,16-18H2,2H3/t21-,22+,30-,31-/m1/s1. The first kappa shape index (κ1) is 28.7. The van der Waals surface area contributed by atoms with Crippen molar-refractivity contribution in [2.45, 2.75) is 62.8 Å². The number of likely N-dealkylation sites (N-methyl/N-ethyl adjacent to an activating group) is 1. The normalized spacial score (nSPS) is 24.5. The SMILES string of the molecule is C=C(F)C(=O)N1CC[C@@H]2[C@H]1CN2c1c(C#N)c(OC[C@@H]2C[C@@H](F)CN2C)nc2cc(-c3cccc4c3CCCC4)c(F)cc12. The van der Waals surface area contributed by atoms with Gasteiger partial charge in [0.05, 0.1) is 23.3 Å². The smallest absolute Gasteiger partial charge is 0.282 e. The van der Waals surface area contributed by atoms with E-state index in [4.69, 9.17) is 9.72 Å². The fourth-order valence-electron chi connectivity index (χ4n) is 7.66. The Morgan fingerprint density at radius 3 is 2.75 bits per heavy atom. The Morgan fingerprint density at radius 1 is 1.18 bits per heavy atom. The van der Waals surface area contributed by atoms with Crippen molar-refractivity contribution in [1.82, 2.24) is 14.8 Å². The van der Waals surface area contributed by atoms with E-state index in [9.17, 15) is 18.8 Å². The van der Waals surface area contributed by atoms with Gasteiger partial charge in [0, 0.05) is 36.6 Å². The quantitative estimate of drug-likeness (QED) is 0.349. The number of ether oxygens (including phenoxy) is 1. The third kappa shape index (κ3) is 4.69. The Bertz CT molecular complexity index is 1720. The number of benzene rings is 2. The number of hydrogen-bond donors (Lipinski definition) is 0. The predicted molar refractivity (Wildman–Crippen MR) is 161 cm³/mol. The molecule has 3 saturated heterocycles. The molecule has 4 atom stereocenters. The number of nitriles is 1. The first-order chi connectivity index (χ1) is 21.2. The second kappa shape index (κ2) is 11.1. The summed E-state index contributed by atoms with van der Waals surface area (Å²) in [4.78, 5) is 22.5. The highest BCUT2D eigenvalue weighted by Gasteiger charge is 2.50. The van der Waals surface area contributed by atoms with E-state index in [1.165, 1.54) is 16.5 Å². The molecular formula is C34H34F3N5O2. The minimum Gasteiger partial charge on any atom is -0.475 e. The summed E-state index contributed by atoms with van der Waals surface area (Å²) >= 11 is 0. The fraction of sp³-hybridized carbons (Fsp3) is 0.441. The third-order valence-electron chi connectivity index (χ3n) is 9.94. The molecule has 0 N–H and O–H groups in total. The molecule has 0 spiro atoms. The van der Waals surface area contributed by atoms with Crippen LogP contribution in [0, 0.1) is 17.1 Å². The molecule has 7 nitrogen and oxygen atoms in total. The predicted octanol–water partition coefficient (Wildman–Crippen LogP) is 5.49. The van der Waals surface area contributed by atoms with Gasteiger partial charge < -0.3 is 14.5 Å². The third-order valence-corrected chi connectivity index (χ3v) is 9.94. The number of hydrogen-bond acceptors (Lipinski definition) is 6. The minimum atomic E-state index is -1.00. The van der Waals surface area contributed by atoms with E-state index in [0.717, 1.165) is 36.8 Å². The summed E-state index contributed by atoms with van der Waals surface area (Å²) < 4.78 is 50.1. The minimum absolute atomic E-state index is 0.116. The van der Waals surface area contributed by atoms with Gasteiger partial charge in [-0.2, -0.15) is 5.26 Å². The molecule has 0 radical (unpaired) electrons. The Kier molecular flexibility index (Phi) is 7.24. The number of rotatable bonds is 6. The highest BCUT2D eigenvalue weighted by Crippen LogP contribution is 2.45. The summed E-state index contributed by atoms with van der Waals surface area (Å²) in [5.41, 5.74) is 4.82. The van der Waals surface area contributed by atoms with Crippen LogP contribution in [0.4, 0.5) is 18.9 Å². The van der Waals surface area contributed by atoms with E-state index in [2.05, 4.69) is 18.7 Å². The molecule has 3 aromatic rings. The van der Waals surface area contributed by atoms with E-state index < -0.39 is 23.7 Å². The van der Waals surface area contributed by atoms with Gasteiger partial charge in [-0.05, 0) is 74.4 Å². The number of aromatic nitrogens is 1. The van der Waals surface area contributed by atoms with E-state index in [0.29, 0.717) is 54.6 Å². The van der Waals surface area contributed by atoms with Gasteiger partial charge in [0.25, 0.3) is 5.91 Å². The maximum atomic E-state index is 16.1. The molecule has 1 amide bonds. The van der Waals surface area contributed by atoms with Gasteiger partial charge in [0.2, 0.25) is 5.88 Å². The van der Waals surface area contributed by atoms with Gasteiger partial charge >= 0.3 is 0 Å². The summed E-state index contributed by atoms with van der Waals surface area (Å²) in [5.74, 6) is -2.02. The number of halogens is 3. The van der Waals surface area contributed by atoms with Crippen LogP contribution in [0.2, 0.25) is 0 Å². The van der Waals surface area contributed by atoms with E-state index in [1.54, 1.807) is 6.07 Å². The van der Waals surface area contributed by atoms with Crippen LogP contribution in [-0.4, -0.2) is 78.3 Å². The number of likely N-dealkylation sites (tertiary alicyclic amines) is 2. The average molecular weight is 602 g/mol. The fourth-order valence-corrected chi connectivity index (χ4v) is 7.66. The number of aryl methyl sites for hydroxylation is 1. The van der Waals surface area contributed by atoms with Crippen molar-refractivity contribution in [2.75, 3.05) is 38.2 Å². The zero-order valence-electron chi connectivity index (χ0n) is 24.7. The lowest BCUT2D eigenvalue weighted by molar-refractivity contribution is -0.130. The molecule has 228 valence electrons. The zero-order valence-corrected chi connectivity index (χ0v) is 24.7. The number of amides is 1. The van der Waals surface area contributed by atoms with Crippen LogP contribution in [0.25, 0.3) is 22.0 Å². The number of fused-ring (bicyclic) bond motifs is 3. The number of pyridine rings is 1. The van der Waals surface area contributed by atoms with Crippen LogP contribution in [0.1, 0.15) is 42.4 Å². The van der Waals surface area contributed by atoms with Crippen LogP contribution in [-0.2, 0) is 17.6 Å². The molecule has 1 aliphatic carbocycles. The van der Waals surface area contributed by atoms with Gasteiger partial charge in [-0.15, -0.1) is 0 Å². The second-order valence-corrected chi connectivity index (χ2v) is 12.5. The number of carbonyl (C=O) groups is 1. The molecule has 7 rings (SSSR count). The molecule has 4 aliphatic rings. The Morgan fingerprint density at radius 2 is 2.00 bits per heavy atom. The number of nitrogens with zero attached hydrogens (tertiary/aromatic N) is 5.